The monoisotopic (exact) mass is 289 g/mol. The molecule has 2 amide bonds. The molecule has 0 saturated carbocycles. The minimum absolute atomic E-state index is 0.00732. The molecule has 1 aliphatic rings. The van der Waals surface area contributed by atoms with Crippen LogP contribution in [-0.4, -0.2) is 36.3 Å². The molecule has 2 N–H and O–H groups in total. The van der Waals surface area contributed by atoms with E-state index in [0.29, 0.717) is 0 Å². The Balaban J connectivity index is 1.95. The van der Waals surface area contributed by atoms with E-state index in [1.165, 1.54) is 26.2 Å². The number of carbonyl (C=O) groups excluding carboxylic acids is 2. The summed E-state index contributed by atoms with van der Waals surface area (Å²) in [5, 5.41) is 5.38. The van der Waals surface area contributed by atoms with Crippen LogP contribution < -0.4 is 10.6 Å². The third kappa shape index (κ3) is 5.19. The van der Waals surface area contributed by atoms with Gasteiger partial charge in [0.05, 0.1) is 6.54 Å². The summed E-state index contributed by atoms with van der Waals surface area (Å²) in [5.41, 5.74) is 1.95. The molecule has 0 spiro atoms. The summed E-state index contributed by atoms with van der Waals surface area (Å²) in [6, 6.07) is 7.85. The van der Waals surface area contributed by atoms with Crippen molar-refractivity contribution in [1.29, 1.82) is 0 Å². The minimum atomic E-state index is -0.202. The van der Waals surface area contributed by atoms with Crippen LogP contribution in [0.15, 0.2) is 24.3 Å². The standard InChI is InChI=1S/C16H23N3O2/c1-13(20)17-11-16(21)18-15-8-4-3-7-14(15)12-19-9-5-2-6-10-19/h3-4,7-8H,2,5-6,9-12H2,1H3,(H,17,20)(H,18,21). The summed E-state index contributed by atoms with van der Waals surface area (Å²) in [4.78, 5) is 25.1. The van der Waals surface area contributed by atoms with Crippen molar-refractivity contribution in [3.63, 3.8) is 0 Å². The van der Waals surface area contributed by atoms with E-state index in [4.69, 9.17) is 0 Å². The second-order valence-electron chi connectivity index (χ2n) is 5.45. The molecule has 1 heterocycles. The first-order chi connectivity index (χ1) is 10.1. The average molecular weight is 289 g/mol. The molecule has 114 valence electrons. The van der Waals surface area contributed by atoms with Gasteiger partial charge in [0.2, 0.25) is 11.8 Å². The fourth-order valence-electron chi connectivity index (χ4n) is 2.54. The zero-order valence-electron chi connectivity index (χ0n) is 12.5. The van der Waals surface area contributed by atoms with Crippen molar-refractivity contribution >= 4 is 17.5 Å². The van der Waals surface area contributed by atoms with Crippen molar-refractivity contribution in [2.75, 3.05) is 25.0 Å². The van der Waals surface area contributed by atoms with Crippen LogP contribution in [0.3, 0.4) is 0 Å². The highest BCUT2D eigenvalue weighted by molar-refractivity contribution is 5.94. The summed E-state index contributed by atoms with van der Waals surface area (Å²) in [5.74, 6) is -0.400. The number of amides is 2. The van der Waals surface area contributed by atoms with Gasteiger partial charge in [-0.1, -0.05) is 24.6 Å². The van der Waals surface area contributed by atoms with Crippen LogP contribution in [0.1, 0.15) is 31.7 Å². The summed E-state index contributed by atoms with van der Waals surface area (Å²) < 4.78 is 0. The lowest BCUT2D eigenvalue weighted by Gasteiger charge is -2.27. The molecule has 5 nitrogen and oxygen atoms in total. The van der Waals surface area contributed by atoms with Gasteiger partial charge >= 0.3 is 0 Å². The van der Waals surface area contributed by atoms with Gasteiger partial charge in [-0.25, -0.2) is 0 Å². The highest BCUT2D eigenvalue weighted by Gasteiger charge is 2.13. The van der Waals surface area contributed by atoms with Crippen LogP contribution in [0.5, 0.6) is 0 Å². The summed E-state index contributed by atoms with van der Waals surface area (Å²) >= 11 is 0. The predicted octanol–water partition coefficient (Wildman–Crippen LogP) is 1.75. The predicted molar refractivity (Wildman–Crippen MR) is 82.9 cm³/mol. The zero-order chi connectivity index (χ0) is 15.1. The van der Waals surface area contributed by atoms with Crippen LogP contribution in [0, 0.1) is 0 Å². The number of hydrogen-bond donors (Lipinski definition) is 2. The number of piperidine rings is 1. The highest BCUT2D eigenvalue weighted by atomic mass is 16.2. The molecule has 0 bridgehead atoms. The number of hydrogen-bond acceptors (Lipinski definition) is 3. The molecule has 5 heteroatoms. The Morgan fingerprint density at radius 3 is 2.57 bits per heavy atom. The molecular formula is C16H23N3O2. The number of carbonyl (C=O) groups is 2. The Morgan fingerprint density at radius 1 is 1.14 bits per heavy atom. The lowest BCUT2D eigenvalue weighted by atomic mass is 10.1. The van der Waals surface area contributed by atoms with Crippen LogP contribution in [0.4, 0.5) is 5.69 Å². The first-order valence-electron chi connectivity index (χ1n) is 7.49. The van der Waals surface area contributed by atoms with Gasteiger partial charge in [0.15, 0.2) is 0 Å². The van der Waals surface area contributed by atoms with E-state index in [1.54, 1.807) is 0 Å². The van der Waals surface area contributed by atoms with Crippen LogP contribution in [-0.2, 0) is 16.1 Å². The number of rotatable bonds is 5. The van der Waals surface area contributed by atoms with E-state index < -0.39 is 0 Å². The number of benzene rings is 1. The Hall–Kier alpha value is -1.88. The third-order valence-corrected chi connectivity index (χ3v) is 3.63. The van der Waals surface area contributed by atoms with E-state index in [9.17, 15) is 9.59 Å². The summed E-state index contributed by atoms with van der Waals surface area (Å²) in [6.45, 7) is 4.50. The van der Waals surface area contributed by atoms with Gasteiger partial charge in [0, 0.05) is 19.2 Å². The first-order valence-corrected chi connectivity index (χ1v) is 7.49. The highest BCUT2D eigenvalue weighted by Crippen LogP contribution is 2.19. The Bertz CT molecular complexity index is 496. The minimum Gasteiger partial charge on any atom is -0.347 e. The fourth-order valence-corrected chi connectivity index (χ4v) is 2.54. The Kier molecular flexibility index (Phi) is 5.75. The molecule has 2 rings (SSSR count). The van der Waals surface area contributed by atoms with Crippen LogP contribution in [0.2, 0.25) is 0 Å². The molecule has 1 aromatic carbocycles. The Labute approximate surface area is 125 Å². The average Bonchev–Trinajstić information content (AvgIpc) is 2.48. The number of nitrogens with one attached hydrogen (secondary N) is 2. The van der Waals surface area contributed by atoms with Gasteiger partial charge in [-0.05, 0) is 37.6 Å². The largest absolute Gasteiger partial charge is 0.347 e. The molecule has 0 unspecified atom stereocenters. The molecule has 1 aromatic rings. The number of para-hydroxylation sites is 1. The van der Waals surface area contributed by atoms with E-state index >= 15 is 0 Å². The van der Waals surface area contributed by atoms with Crippen molar-refractivity contribution in [3.8, 4) is 0 Å². The molecule has 0 atom stereocenters. The fraction of sp³-hybridized carbons (Fsp3) is 0.500. The lowest BCUT2D eigenvalue weighted by molar-refractivity contribution is -0.122. The molecule has 0 radical (unpaired) electrons. The molecule has 0 aliphatic carbocycles. The van der Waals surface area contributed by atoms with Gasteiger partial charge in [-0.2, -0.15) is 0 Å². The number of likely N-dealkylation sites (tertiary alicyclic amines) is 1. The number of anilines is 1. The zero-order valence-corrected chi connectivity index (χ0v) is 12.5. The van der Waals surface area contributed by atoms with Crippen molar-refractivity contribution < 1.29 is 9.59 Å². The smallest absolute Gasteiger partial charge is 0.243 e. The second kappa shape index (κ2) is 7.78. The van der Waals surface area contributed by atoms with Gasteiger partial charge in [-0.15, -0.1) is 0 Å². The van der Waals surface area contributed by atoms with E-state index in [1.807, 2.05) is 24.3 Å². The molecule has 1 saturated heterocycles. The summed E-state index contributed by atoms with van der Waals surface area (Å²) in [7, 11) is 0. The molecule has 0 aromatic heterocycles. The topological polar surface area (TPSA) is 61.4 Å². The summed E-state index contributed by atoms with van der Waals surface area (Å²) in [6.07, 6.45) is 3.81. The second-order valence-corrected chi connectivity index (χ2v) is 5.45. The normalized spacial score (nSPS) is 15.5. The molecular weight excluding hydrogens is 266 g/mol. The molecule has 1 fully saturated rings. The van der Waals surface area contributed by atoms with E-state index in [2.05, 4.69) is 15.5 Å². The number of nitrogens with zero attached hydrogens (tertiary/aromatic N) is 1. The maximum Gasteiger partial charge on any atom is 0.243 e. The first kappa shape index (κ1) is 15.5. The van der Waals surface area contributed by atoms with Crippen molar-refractivity contribution in [3.05, 3.63) is 29.8 Å². The Morgan fingerprint density at radius 2 is 1.86 bits per heavy atom. The van der Waals surface area contributed by atoms with Crippen molar-refractivity contribution in [2.24, 2.45) is 0 Å². The van der Waals surface area contributed by atoms with E-state index in [-0.39, 0.29) is 18.4 Å². The molecule has 21 heavy (non-hydrogen) atoms. The maximum absolute atomic E-state index is 11.8. The van der Waals surface area contributed by atoms with Crippen molar-refractivity contribution in [1.82, 2.24) is 10.2 Å². The quantitative estimate of drug-likeness (QED) is 0.868. The van der Waals surface area contributed by atoms with Crippen molar-refractivity contribution in [2.45, 2.75) is 32.7 Å². The lowest BCUT2D eigenvalue weighted by Crippen LogP contribution is -2.32. The van der Waals surface area contributed by atoms with Gasteiger partial charge in [-0.3, -0.25) is 14.5 Å². The maximum atomic E-state index is 11.8. The third-order valence-electron chi connectivity index (χ3n) is 3.63. The van der Waals surface area contributed by atoms with Gasteiger partial charge in [0.25, 0.3) is 0 Å². The van der Waals surface area contributed by atoms with E-state index in [0.717, 1.165) is 30.9 Å². The van der Waals surface area contributed by atoms with Crippen LogP contribution in [0.25, 0.3) is 0 Å². The van der Waals surface area contributed by atoms with Gasteiger partial charge < -0.3 is 10.6 Å². The SMILES string of the molecule is CC(=O)NCC(=O)Nc1ccccc1CN1CCCCC1. The molecule has 1 aliphatic heterocycles. The van der Waals surface area contributed by atoms with Gasteiger partial charge in [0.1, 0.15) is 0 Å². The van der Waals surface area contributed by atoms with Crippen LogP contribution >= 0.6 is 0 Å².